The van der Waals surface area contributed by atoms with Crippen LogP contribution in [0, 0.1) is 20.8 Å². The minimum atomic E-state index is -1.04. The highest BCUT2D eigenvalue weighted by atomic mass is 16.4. The lowest BCUT2D eigenvalue weighted by Gasteiger charge is -2.12. The van der Waals surface area contributed by atoms with Crippen LogP contribution < -0.4 is 0 Å². The molecule has 0 saturated heterocycles. The molecule has 0 spiro atoms. The Labute approximate surface area is 88.7 Å². The van der Waals surface area contributed by atoms with Gasteiger partial charge in [0.25, 0.3) is 0 Å². The Bertz CT molecular complexity index is 406. The summed E-state index contributed by atoms with van der Waals surface area (Å²) in [6, 6.07) is 1.63. The SMILES string of the molecule is [CH2]c1cc(C)c(C(C)=O)c(C)c1C(=O)O. The minimum Gasteiger partial charge on any atom is -0.478 e. The molecule has 0 atom stereocenters. The quantitative estimate of drug-likeness (QED) is 0.754. The van der Waals surface area contributed by atoms with Crippen LogP contribution in [0.2, 0.25) is 0 Å². The maximum absolute atomic E-state index is 11.4. The van der Waals surface area contributed by atoms with Crippen molar-refractivity contribution in [2.75, 3.05) is 0 Å². The van der Waals surface area contributed by atoms with Crippen molar-refractivity contribution >= 4 is 11.8 Å². The molecule has 0 aliphatic rings. The Kier molecular flexibility index (Phi) is 2.93. The zero-order chi connectivity index (χ0) is 11.7. The van der Waals surface area contributed by atoms with Crippen LogP contribution in [0.5, 0.6) is 0 Å². The van der Waals surface area contributed by atoms with Crippen LogP contribution in [0.3, 0.4) is 0 Å². The zero-order valence-electron chi connectivity index (χ0n) is 9.05. The summed E-state index contributed by atoms with van der Waals surface area (Å²) in [4.78, 5) is 22.3. The molecule has 0 aromatic heterocycles. The van der Waals surface area contributed by atoms with E-state index in [0.29, 0.717) is 16.7 Å². The van der Waals surface area contributed by atoms with Gasteiger partial charge in [0.2, 0.25) is 0 Å². The van der Waals surface area contributed by atoms with Crippen molar-refractivity contribution < 1.29 is 14.7 Å². The molecule has 1 aromatic carbocycles. The average Bonchev–Trinajstić information content (AvgIpc) is 1.99. The number of carbonyl (C=O) groups excluding carboxylic acids is 1. The maximum Gasteiger partial charge on any atom is 0.336 e. The Balaban J connectivity index is 3.64. The van der Waals surface area contributed by atoms with Crippen LogP contribution in [0.4, 0.5) is 0 Å². The monoisotopic (exact) mass is 205 g/mol. The van der Waals surface area contributed by atoms with Gasteiger partial charge in [0.1, 0.15) is 0 Å². The lowest BCUT2D eigenvalue weighted by molar-refractivity contribution is 0.0695. The molecular weight excluding hydrogens is 192 g/mol. The number of carboxylic acids is 1. The fourth-order valence-electron chi connectivity index (χ4n) is 1.91. The van der Waals surface area contributed by atoms with E-state index >= 15 is 0 Å². The first kappa shape index (κ1) is 11.4. The van der Waals surface area contributed by atoms with E-state index in [2.05, 4.69) is 6.92 Å². The molecule has 0 amide bonds. The van der Waals surface area contributed by atoms with Crippen molar-refractivity contribution in [3.63, 3.8) is 0 Å². The van der Waals surface area contributed by atoms with E-state index in [0.717, 1.165) is 5.56 Å². The maximum atomic E-state index is 11.4. The first-order chi connectivity index (χ1) is 6.86. The topological polar surface area (TPSA) is 54.4 Å². The van der Waals surface area contributed by atoms with E-state index < -0.39 is 5.97 Å². The molecular formula is C12H13O3. The largest absolute Gasteiger partial charge is 0.478 e. The van der Waals surface area contributed by atoms with Crippen molar-refractivity contribution in [2.45, 2.75) is 20.8 Å². The number of aromatic carboxylic acids is 1. The normalized spacial score (nSPS) is 10.1. The molecule has 1 rings (SSSR count). The lowest BCUT2D eigenvalue weighted by atomic mass is 9.92. The smallest absolute Gasteiger partial charge is 0.336 e. The molecule has 1 radical (unpaired) electrons. The molecule has 0 heterocycles. The van der Waals surface area contributed by atoms with Crippen molar-refractivity contribution in [2.24, 2.45) is 0 Å². The van der Waals surface area contributed by atoms with E-state index in [1.165, 1.54) is 6.92 Å². The average molecular weight is 205 g/mol. The van der Waals surface area contributed by atoms with Crippen LogP contribution >= 0.6 is 0 Å². The molecule has 15 heavy (non-hydrogen) atoms. The summed E-state index contributed by atoms with van der Waals surface area (Å²) >= 11 is 0. The van der Waals surface area contributed by atoms with E-state index in [1.807, 2.05) is 0 Å². The summed E-state index contributed by atoms with van der Waals surface area (Å²) in [6.07, 6.45) is 0. The van der Waals surface area contributed by atoms with Crippen molar-refractivity contribution in [3.8, 4) is 0 Å². The van der Waals surface area contributed by atoms with Crippen LogP contribution in [0.1, 0.15) is 44.3 Å². The number of aryl methyl sites for hydroxylation is 1. The second kappa shape index (κ2) is 3.85. The third kappa shape index (κ3) is 1.91. The molecule has 1 aromatic rings. The summed E-state index contributed by atoms with van der Waals surface area (Å²) in [7, 11) is 0. The van der Waals surface area contributed by atoms with Crippen LogP contribution in [0.25, 0.3) is 0 Å². The predicted molar refractivity (Wildman–Crippen MR) is 57.3 cm³/mol. The molecule has 0 bridgehead atoms. The second-order valence-electron chi connectivity index (χ2n) is 3.59. The molecule has 0 unspecified atom stereocenters. The first-order valence-electron chi connectivity index (χ1n) is 4.56. The number of ketones is 1. The number of rotatable bonds is 2. The van der Waals surface area contributed by atoms with Crippen LogP contribution in [-0.4, -0.2) is 16.9 Å². The van der Waals surface area contributed by atoms with Gasteiger partial charge in [0.05, 0.1) is 5.56 Å². The van der Waals surface area contributed by atoms with Gasteiger partial charge in [0.15, 0.2) is 5.78 Å². The van der Waals surface area contributed by atoms with E-state index in [1.54, 1.807) is 19.9 Å². The summed E-state index contributed by atoms with van der Waals surface area (Å²) in [6.45, 7) is 8.53. The van der Waals surface area contributed by atoms with Gasteiger partial charge in [0, 0.05) is 5.56 Å². The fourth-order valence-corrected chi connectivity index (χ4v) is 1.91. The first-order valence-corrected chi connectivity index (χ1v) is 4.56. The van der Waals surface area contributed by atoms with Crippen LogP contribution in [0.15, 0.2) is 6.07 Å². The van der Waals surface area contributed by atoms with Crippen LogP contribution in [-0.2, 0) is 0 Å². The molecule has 3 heteroatoms. The van der Waals surface area contributed by atoms with E-state index in [4.69, 9.17) is 5.11 Å². The number of carbonyl (C=O) groups is 2. The zero-order valence-corrected chi connectivity index (χ0v) is 9.05. The van der Waals surface area contributed by atoms with Gasteiger partial charge in [-0.1, -0.05) is 6.07 Å². The minimum absolute atomic E-state index is 0.118. The Morgan fingerprint density at radius 2 is 1.80 bits per heavy atom. The Morgan fingerprint density at radius 3 is 2.20 bits per heavy atom. The number of hydrogen-bond donors (Lipinski definition) is 1. The summed E-state index contributed by atoms with van der Waals surface area (Å²) < 4.78 is 0. The summed E-state index contributed by atoms with van der Waals surface area (Å²) in [5, 5.41) is 8.99. The van der Waals surface area contributed by atoms with Gasteiger partial charge in [-0.3, -0.25) is 4.79 Å². The van der Waals surface area contributed by atoms with Gasteiger partial charge in [-0.15, -0.1) is 0 Å². The number of benzene rings is 1. The van der Waals surface area contributed by atoms with Gasteiger partial charge < -0.3 is 5.11 Å². The Morgan fingerprint density at radius 1 is 1.27 bits per heavy atom. The van der Waals surface area contributed by atoms with Crippen molar-refractivity contribution in [1.29, 1.82) is 0 Å². The predicted octanol–water partition coefficient (Wildman–Crippen LogP) is 2.39. The molecule has 1 N–H and O–H groups in total. The highest BCUT2D eigenvalue weighted by Crippen LogP contribution is 2.22. The number of hydrogen-bond acceptors (Lipinski definition) is 2. The molecule has 0 saturated carbocycles. The second-order valence-corrected chi connectivity index (χ2v) is 3.59. The molecule has 0 aliphatic carbocycles. The summed E-state index contributed by atoms with van der Waals surface area (Å²) in [5.41, 5.74) is 2.34. The molecule has 79 valence electrons. The standard InChI is InChI=1S/C12H13O3/c1-6-5-7(2)11(12(14)15)8(3)10(6)9(4)13/h5H,2H2,1,3-4H3,(H,14,15). The number of carboxylic acid groups (broad SMARTS) is 1. The van der Waals surface area contributed by atoms with E-state index in [-0.39, 0.29) is 11.3 Å². The van der Waals surface area contributed by atoms with Gasteiger partial charge in [-0.2, -0.15) is 0 Å². The van der Waals surface area contributed by atoms with Crippen molar-refractivity contribution in [1.82, 2.24) is 0 Å². The van der Waals surface area contributed by atoms with Crippen molar-refractivity contribution in [3.05, 3.63) is 40.8 Å². The van der Waals surface area contributed by atoms with Gasteiger partial charge in [-0.05, 0) is 44.4 Å². The molecule has 3 nitrogen and oxygen atoms in total. The third-order valence-corrected chi connectivity index (χ3v) is 2.42. The van der Waals surface area contributed by atoms with E-state index in [9.17, 15) is 9.59 Å². The fraction of sp³-hybridized carbons (Fsp3) is 0.250. The third-order valence-electron chi connectivity index (χ3n) is 2.42. The van der Waals surface area contributed by atoms with Gasteiger partial charge >= 0.3 is 5.97 Å². The molecule has 0 fully saturated rings. The summed E-state index contributed by atoms with van der Waals surface area (Å²) in [5.74, 6) is -1.16. The van der Waals surface area contributed by atoms with Gasteiger partial charge in [-0.25, -0.2) is 4.79 Å². The molecule has 0 aliphatic heterocycles. The number of Topliss-reactive ketones (excluding diaryl/α,β-unsaturated/α-hetero) is 1. The Hall–Kier alpha value is -1.64. The lowest BCUT2D eigenvalue weighted by Crippen LogP contribution is -2.10. The highest BCUT2D eigenvalue weighted by molar-refractivity contribution is 6.01. The highest BCUT2D eigenvalue weighted by Gasteiger charge is 2.18.